The van der Waals surface area contributed by atoms with Gasteiger partial charge in [0, 0.05) is 23.4 Å². The second-order valence-corrected chi connectivity index (χ2v) is 11.3. The van der Waals surface area contributed by atoms with E-state index in [0.717, 1.165) is 5.57 Å². The third-order valence-corrected chi connectivity index (χ3v) is 8.12. The highest BCUT2D eigenvalue weighted by Gasteiger charge is 2.41. The van der Waals surface area contributed by atoms with Gasteiger partial charge in [0.15, 0.2) is 11.5 Å². The minimum Gasteiger partial charge on any atom is -0.478 e. The fourth-order valence-corrected chi connectivity index (χ4v) is 6.14. The van der Waals surface area contributed by atoms with Gasteiger partial charge >= 0.3 is 18.3 Å². The van der Waals surface area contributed by atoms with Crippen LogP contribution >= 0.6 is 11.6 Å². The molecule has 0 radical (unpaired) electrons. The van der Waals surface area contributed by atoms with Gasteiger partial charge in [-0.05, 0) is 61.5 Å². The van der Waals surface area contributed by atoms with E-state index < -0.39 is 41.5 Å². The van der Waals surface area contributed by atoms with Crippen molar-refractivity contribution in [2.75, 3.05) is 19.6 Å². The number of carboxylic acids is 1. The van der Waals surface area contributed by atoms with Gasteiger partial charge in [0.1, 0.15) is 5.56 Å². The summed E-state index contributed by atoms with van der Waals surface area (Å²) in [5, 5.41) is 13.2. The van der Waals surface area contributed by atoms with E-state index in [1.54, 1.807) is 6.07 Å². The Balaban J connectivity index is 1.43. The summed E-state index contributed by atoms with van der Waals surface area (Å²) in [5.74, 6) is -1.89. The van der Waals surface area contributed by atoms with Crippen molar-refractivity contribution in [1.29, 1.82) is 0 Å². The molecular formula is C29H26ClF6N5O2. The zero-order valence-electron chi connectivity index (χ0n) is 22.8. The fourth-order valence-electron chi connectivity index (χ4n) is 5.76. The molecule has 1 atom stereocenters. The lowest BCUT2D eigenvalue weighted by molar-refractivity contribution is -0.148. The molecule has 3 aromatic rings. The number of hydrogen-bond acceptors (Lipinski definition) is 5. The van der Waals surface area contributed by atoms with E-state index in [2.05, 4.69) is 21.1 Å². The highest BCUT2D eigenvalue weighted by atomic mass is 35.5. The van der Waals surface area contributed by atoms with E-state index >= 15 is 0 Å². The normalized spacial score (nSPS) is 20.3. The molecule has 7 nitrogen and oxygen atoms in total. The molecule has 1 aliphatic heterocycles. The SMILES string of the molecule is CC1(c2c(Cl)cncc2-c2cccc(-n3ncc(C(=O)O)c3C(F)(F)F)n2)C=CC(C2CCN(CC(F)(F)F)CC2)=CC1. The number of nitrogens with zero attached hydrogens (tertiary/aromatic N) is 5. The number of aromatic nitrogens is 4. The van der Waals surface area contributed by atoms with Crippen molar-refractivity contribution < 1.29 is 36.2 Å². The average molecular weight is 626 g/mol. The summed E-state index contributed by atoms with van der Waals surface area (Å²) < 4.78 is 80.3. The maximum atomic E-state index is 13.8. The lowest BCUT2D eigenvalue weighted by Gasteiger charge is -2.36. The molecule has 43 heavy (non-hydrogen) atoms. The molecule has 0 bridgehead atoms. The summed E-state index contributed by atoms with van der Waals surface area (Å²) in [4.78, 5) is 21.4. The van der Waals surface area contributed by atoms with Gasteiger partial charge < -0.3 is 5.11 Å². The van der Waals surface area contributed by atoms with Crippen molar-refractivity contribution in [2.24, 2.45) is 5.92 Å². The Morgan fingerprint density at radius 2 is 1.84 bits per heavy atom. The van der Waals surface area contributed by atoms with Crippen molar-refractivity contribution in [3.05, 3.63) is 82.4 Å². The first-order chi connectivity index (χ1) is 20.2. The number of halogens is 7. The third kappa shape index (κ3) is 6.47. The predicted molar refractivity (Wildman–Crippen MR) is 146 cm³/mol. The van der Waals surface area contributed by atoms with Crippen molar-refractivity contribution in [3.8, 4) is 17.1 Å². The summed E-state index contributed by atoms with van der Waals surface area (Å²) in [6.07, 6.45) is 2.10. The summed E-state index contributed by atoms with van der Waals surface area (Å²) in [6, 6.07) is 4.35. The van der Waals surface area contributed by atoms with Crippen LogP contribution in [0.3, 0.4) is 0 Å². The quantitative estimate of drug-likeness (QED) is 0.294. The Kier molecular flexibility index (Phi) is 8.16. The van der Waals surface area contributed by atoms with Gasteiger partial charge in [-0.15, -0.1) is 0 Å². The second kappa shape index (κ2) is 11.4. The van der Waals surface area contributed by atoms with Gasteiger partial charge in [-0.3, -0.25) is 9.88 Å². The lowest BCUT2D eigenvalue weighted by Crippen LogP contribution is -2.40. The third-order valence-electron chi connectivity index (χ3n) is 7.83. The number of allylic oxidation sites excluding steroid dienone is 4. The van der Waals surface area contributed by atoms with Crippen LogP contribution in [-0.4, -0.2) is 61.5 Å². The van der Waals surface area contributed by atoms with E-state index in [-0.39, 0.29) is 17.4 Å². The van der Waals surface area contributed by atoms with Gasteiger partial charge in [-0.2, -0.15) is 31.4 Å². The first kappa shape index (κ1) is 30.7. The van der Waals surface area contributed by atoms with Gasteiger partial charge in [0.05, 0.1) is 23.5 Å². The molecule has 0 spiro atoms. The molecule has 1 aliphatic carbocycles. The Bertz CT molecular complexity index is 1590. The van der Waals surface area contributed by atoms with Gasteiger partial charge in [-0.1, -0.05) is 42.8 Å². The molecule has 5 rings (SSSR count). The molecule has 228 valence electrons. The average Bonchev–Trinajstić information content (AvgIpc) is 3.40. The highest BCUT2D eigenvalue weighted by molar-refractivity contribution is 6.31. The van der Waals surface area contributed by atoms with E-state index in [9.17, 15) is 36.2 Å². The molecule has 0 amide bonds. The fraction of sp³-hybridized carbons (Fsp3) is 0.379. The number of carbonyl (C=O) groups is 1. The van der Waals surface area contributed by atoms with E-state index in [1.807, 2.05) is 19.1 Å². The maximum Gasteiger partial charge on any atom is 0.434 e. The van der Waals surface area contributed by atoms with Crippen molar-refractivity contribution in [2.45, 2.75) is 44.0 Å². The highest BCUT2D eigenvalue weighted by Crippen LogP contribution is 2.44. The first-order valence-corrected chi connectivity index (χ1v) is 13.7. The standard InChI is InChI=1S/C29H26ClF6N5O2/c1-27(9-5-17(6-10-27)18-7-11-40(12-8-18)16-28(31,32)33)24-19(13-37-15-21(24)30)22-3-2-4-23(39-22)41-25(29(34,35)36)20(14-38-41)26(42)43/h2-6,9,13-15,18H,7-8,10-12,16H2,1H3,(H,42,43). The van der Waals surface area contributed by atoms with Crippen molar-refractivity contribution in [3.63, 3.8) is 0 Å². The van der Waals surface area contributed by atoms with Crippen LogP contribution in [0.15, 0.2) is 60.6 Å². The molecule has 1 N–H and O–H groups in total. The number of likely N-dealkylation sites (tertiary alicyclic amines) is 1. The van der Waals surface area contributed by atoms with Crippen LogP contribution in [0.1, 0.15) is 47.8 Å². The van der Waals surface area contributed by atoms with E-state index in [1.165, 1.54) is 29.4 Å². The Hall–Kier alpha value is -3.71. The number of pyridine rings is 2. The number of hydrogen-bond donors (Lipinski definition) is 1. The van der Waals surface area contributed by atoms with Crippen molar-refractivity contribution in [1.82, 2.24) is 24.6 Å². The van der Waals surface area contributed by atoms with Crippen LogP contribution in [0, 0.1) is 5.92 Å². The van der Waals surface area contributed by atoms with Crippen molar-refractivity contribution >= 4 is 17.6 Å². The number of carboxylic acid groups (broad SMARTS) is 1. The molecule has 1 fully saturated rings. The second-order valence-electron chi connectivity index (χ2n) is 10.9. The first-order valence-electron chi connectivity index (χ1n) is 13.3. The summed E-state index contributed by atoms with van der Waals surface area (Å²) in [5.41, 5.74) is -0.710. The van der Waals surface area contributed by atoms with Crippen LogP contribution in [0.4, 0.5) is 26.3 Å². The van der Waals surface area contributed by atoms with Crippen LogP contribution in [0.25, 0.3) is 17.1 Å². The monoisotopic (exact) mass is 625 g/mol. The Morgan fingerprint density at radius 1 is 1.12 bits per heavy atom. The van der Waals surface area contributed by atoms with Gasteiger partial charge in [-0.25, -0.2) is 14.5 Å². The van der Waals surface area contributed by atoms with Crippen LogP contribution in [-0.2, 0) is 11.6 Å². The molecule has 0 aromatic carbocycles. The minimum atomic E-state index is -5.01. The number of aromatic carboxylic acids is 1. The Morgan fingerprint density at radius 3 is 2.44 bits per heavy atom. The van der Waals surface area contributed by atoms with Gasteiger partial charge in [0.2, 0.25) is 0 Å². The largest absolute Gasteiger partial charge is 0.478 e. The van der Waals surface area contributed by atoms with Crippen LogP contribution in [0.2, 0.25) is 5.02 Å². The molecule has 1 unspecified atom stereocenters. The van der Waals surface area contributed by atoms with Crippen LogP contribution < -0.4 is 0 Å². The summed E-state index contributed by atoms with van der Waals surface area (Å²) in [7, 11) is 0. The molecule has 2 aliphatic rings. The maximum absolute atomic E-state index is 13.8. The predicted octanol–water partition coefficient (Wildman–Crippen LogP) is 7.12. The molecule has 14 heteroatoms. The zero-order chi connectivity index (χ0) is 31.2. The number of alkyl halides is 6. The molecule has 0 saturated carbocycles. The Labute approximate surface area is 247 Å². The topological polar surface area (TPSA) is 84.1 Å². The summed E-state index contributed by atoms with van der Waals surface area (Å²) in [6.45, 7) is 1.75. The minimum absolute atomic E-state index is 0.128. The van der Waals surface area contributed by atoms with E-state index in [4.69, 9.17) is 11.6 Å². The number of piperidine rings is 1. The van der Waals surface area contributed by atoms with Crippen LogP contribution in [0.5, 0.6) is 0 Å². The van der Waals surface area contributed by atoms with E-state index in [0.29, 0.717) is 59.4 Å². The summed E-state index contributed by atoms with van der Waals surface area (Å²) >= 11 is 6.66. The zero-order valence-corrected chi connectivity index (χ0v) is 23.5. The number of rotatable bonds is 6. The molecule has 4 heterocycles. The molecular weight excluding hydrogens is 600 g/mol. The lowest BCUT2D eigenvalue weighted by atomic mass is 9.72. The smallest absolute Gasteiger partial charge is 0.434 e. The van der Waals surface area contributed by atoms with Gasteiger partial charge in [0.25, 0.3) is 0 Å². The molecule has 3 aromatic heterocycles. The molecule has 1 saturated heterocycles.